The maximum absolute atomic E-state index is 4.39. The number of nitrogens with zero attached hydrogens (tertiary/aromatic N) is 3. The molecular weight excluding hydrogens is 256 g/mol. The van der Waals surface area contributed by atoms with Crippen LogP contribution in [0.1, 0.15) is 25.2 Å². The summed E-state index contributed by atoms with van der Waals surface area (Å²) in [7, 11) is 2.08. The first-order chi connectivity index (χ1) is 9.15. The molecule has 0 fully saturated rings. The van der Waals surface area contributed by atoms with Crippen LogP contribution in [0.3, 0.4) is 0 Å². The topological polar surface area (TPSA) is 41.0 Å². The highest BCUT2D eigenvalue weighted by Crippen LogP contribution is 2.16. The highest BCUT2D eigenvalue weighted by molar-refractivity contribution is 7.07. The minimum atomic E-state index is 0.471. The van der Waals surface area contributed by atoms with E-state index in [1.54, 1.807) is 11.3 Å². The average Bonchev–Trinajstić information content (AvgIpc) is 2.89. The van der Waals surface area contributed by atoms with E-state index in [0.29, 0.717) is 6.04 Å². The van der Waals surface area contributed by atoms with Gasteiger partial charge in [0.2, 0.25) is 0 Å². The van der Waals surface area contributed by atoms with E-state index in [9.17, 15) is 0 Å². The van der Waals surface area contributed by atoms with Gasteiger partial charge in [-0.1, -0.05) is 13.8 Å². The van der Waals surface area contributed by atoms with Gasteiger partial charge in [-0.2, -0.15) is 0 Å². The molecule has 0 saturated carbocycles. The summed E-state index contributed by atoms with van der Waals surface area (Å²) in [5, 5.41) is 5.46. The molecule has 0 saturated heterocycles. The van der Waals surface area contributed by atoms with Gasteiger partial charge in [0.25, 0.3) is 0 Å². The van der Waals surface area contributed by atoms with Crippen LogP contribution in [0.5, 0.6) is 0 Å². The summed E-state index contributed by atoms with van der Waals surface area (Å²) in [5.41, 5.74) is 5.21. The summed E-state index contributed by atoms with van der Waals surface area (Å²) in [6.45, 7) is 5.90. The molecule has 0 radical (unpaired) electrons. The Bertz CT molecular complexity index is 496. The first-order valence-electron chi connectivity index (χ1n) is 6.41. The second kappa shape index (κ2) is 6.63. The molecule has 0 aliphatic carbocycles. The van der Waals surface area contributed by atoms with Crippen LogP contribution in [-0.4, -0.2) is 23.1 Å². The van der Waals surface area contributed by atoms with Crippen LogP contribution in [0.25, 0.3) is 0 Å². The lowest BCUT2D eigenvalue weighted by Crippen LogP contribution is -2.23. The monoisotopic (exact) mass is 276 g/mol. The van der Waals surface area contributed by atoms with Gasteiger partial charge in [0.1, 0.15) is 0 Å². The molecule has 0 spiro atoms. The van der Waals surface area contributed by atoms with Gasteiger partial charge in [-0.15, -0.1) is 11.3 Å². The summed E-state index contributed by atoms with van der Waals surface area (Å²) < 4.78 is 0. The van der Waals surface area contributed by atoms with E-state index in [2.05, 4.69) is 52.5 Å². The van der Waals surface area contributed by atoms with E-state index in [1.807, 2.05) is 17.8 Å². The number of nitrogens with one attached hydrogen (secondary N) is 1. The van der Waals surface area contributed by atoms with Crippen molar-refractivity contribution in [3.63, 3.8) is 0 Å². The van der Waals surface area contributed by atoms with Gasteiger partial charge < -0.3 is 10.2 Å². The van der Waals surface area contributed by atoms with Crippen molar-refractivity contribution in [1.29, 1.82) is 0 Å². The smallest absolute Gasteiger partial charge is 0.0795 e. The van der Waals surface area contributed by atoms with E-state index in [1.165, 1.54) is 5.69 Å². The van der Waals surface area contributed by atoms with Gasteiger partial charge in [-0.05, 0) is 12.1 Å². The quantitative estimate of drug-likeness (QED) is 0.880. The maximum Gasteiger partial charge on any atom is 0.0795 e. The largest absolute Gasteiger partial charge is 0.369 e. The first-order valence-corrected chi connectivity index (χ1v) is 7.36. The third-order valence-electron chi connectivity index (χ3n) is 2.81. The number of hydrogen-bond acceptors (Lipinski definition) is 5. The molecule has 1 N–H and O–H groups in total. The fraction of sp³-hybridized carbons (Fsp3) is 0.429. The minimum absolute atomic E-state index is 0.471. The Labute approximate surface area is 118 Å². The highest BCUT2D eigenvalue weighted by Gasteiger charge is 2.05. The van der Waals surface area contributed by atoms with Crippen molar-refractivity contribution >= 4 is 17.0 Å². The molecule has 2 aromatic rings. The minimum Gasteiger partial charge on any atom is -0.369 e. The second-order valence-electron chi connectivity index (χ2n) is 4.88. The molecule has 0 aromatic carbocycles. The Morgan fingerprint density at radius 2 is 2.16 bits per heavy atom. The van der Waals surface area contributed by atoms with E-state index in [-0.39, 0.29) is 0 Å². The summed E-state index contributed by atoms with van der Waals surface area (Å²) in [4.78, 5) is 10.9. The maximum atomic E-state index is 4.39. The van der Waals surface area contributed by atoms with Crippen LogP contribution >= 0.6 is 11.3 Å². The Morgan fingerprint density at radius 1 is 1.32 bits per heavy atom. The zero-order chi connectivity index (χ0) is 13.7. The predicted molar refractivity (Wildman–Crippen MR) is 80.4 cm³/mol. The van der Waals surface area contributed by atoms with Crippen molar-refractivity contribution in [2.75, 3.05) is 11.9 Å². The third kappa shape index (κ3) is 4.29. The molecule has 19 heavy (non-hydrogen) atoms. The average molecular weight is 276 g/mol. The van der Waals surface area contributed by atoms with Gasteiger partial charge in [0, 0.05) is 36.9 Å². The number of anilines is 1. The standard InChI is InChI=1S/C14H20N4S/c1-11(2)16-7-12-6-14(4-5-15-12)18(3)8-13-9-19-10-17-13/h4-6,9-11,16H,7-8H2,1-3H3. The molecule has 102 valence electrons. The van der Waals surface area contributed by atoms with E-state index in [0.717, 1.165) is 24.5 Å². The van der Waals surface area contributed by atoms with Crippen molar-refractivity contribution in [2.45, 2.75) is 33.0 Å². The number of rotatable bonds is 6. The molecule has 5 heteroatoms. The van der Waals surface area contributed by atoms with Crippen molar-refractivity contribution < 1.29 is 0 Å². The number of thiazole rings is 1. The Hall–Kier alpha value is -1.46. The molecule has 2 aromatic heterocycles. The van der Waals surface area contributed by atoms with Gasteiger partial charge >= 0.3 is 0 Å². The van der Waals surface area contributed by atoms with Crippen LogP contribution in [0.15, 0.2) is 29.2 Å². The fourth-order valence-corrected chi connectivity index (χ4v) is 2.31. The Morgan fingerprint density at radius 3 is 2.84 bits per heavy atom. The number of pyridine rings is 1. The summed E-state index contributed by atoms with van der Waals surface area (Å²) >= 11 is 1.63. The first kappa shape index (κ1) is 14.0. The number of aromatic nitrogens is 2. The summed E-state index contributed by atoms with van der Waals surface area (Å²) in [5.74, 6) is 0. The molecule has 4 nitrogen and oxygen atoms in total. The summed E-state index contributed by atoms with van der Waals surface area (Å²) in [6.07, 6.45) is 1.87. The Balaban J connectivity index is 2.01. The van der Waals surface area contributed by atoms with Gasteiger partial charge in [0.05, 0.1) is 23.4 Å². The molecular formula is C14H20N4S. The van der Waals surface area contributed by atoms with E-state index < -0.39 is 0 Å². The van der Waals surface area contributed by atoms with Crippen molar-refractivity contribution in [3.05, 3.63) is 40.6 Å². The lowest BCUT2D eigenvalue weighted by molar-refractivity contribution is 0.581. The van der Waals surface area contributed by atoms with E-state index in [4.69, 9.17) is 0 Å². The molecule has 0 bridgehead atoms. The van der Waals surface area contributed by atoms with Gasteiger partial charge in [-0.3, -0.25) is 4.98 Å². The fourth-order valence-electron chi connectivity index (χ4n) is 1.76. The van der Waals surface area contributed by atoms with Crippen LogP contribution in [0, 0.1) is 0 Å². The van der Waals surface area contributed by atoms with Crippen LogP contribution in [0.2, 0.25) is 0 Å². The lowest BCUT2D eigenvalue weighted by atomic mass is 10.2. The molecule has 0 atom stereocenters. The van der Waals surface area contributed by atoms with Crippen LogP contribution in [-0.2, 0) is 13.1 Å². The summed E-state index contributed by atoms with van der Waals surface area (Å²) in [6, 6.07) is 4.63. The molecule has 0 unspecified atom stereocenters. The SMILES string of the molecule is CC(C)NCc1cc(N(C)Cc2cscn2)ccn1. The van der Waals surface area contributed by atoms with Gasteiger partial charge in [-0.25, -0.2) is 4.98 Å². The van der Waals surface area contributed by atoms with Crippen LogP contribution in [0.4, 0.5) is 5.69 Å². The predicted octanol–water partition coefficient (Wildman–Crippen LogP) is 2.67. The molecule has 0 aliphatic rings. The van der Waals surface area contributed by atoms with Crippen molar-refractivity contribution in [1.82, 2.24) is 15.3 Å². The van der Waals surface area contributed by atoms with Crippen molar-refractivity contribution in [2.24, 2.45) is 0 Å². The zero-order valence-corrected chi connectivity index (χ0v) is 12.4. The number of hydrogen-bond donors (Lipinski definition) is 1. The molecule has 0 aliphatic heterocycles. The Kier molecular flexibility index (Phi) is 4.87. The van der Waals surface area contributed by atoms with Crippen molar-refractivity contribution in [3.8, 4) is 0 Å². The molecule has 2 rings (SSSR count). The third-order valence-corrected chi connectivity index (χ3v) is 3.45. The van der Waals surface area contributed by atoms with Crippen LogP contribution < -0.4 is 10.2 Å². The lowest BCUT2D eigenvalue weighted by Gasteiger charge is -2.19. The van der Waals surface area contributed by atoms with Gasteiger partial charge in [0.15, 0.2) is 0 Å². The highest BCUT2D eigenvalue weighted by atomic mass is 32.1. The molecule has 0 amide bonds. The normalized spacial score (nSPS) is 10.9. The zero-order valence-electron chi connectivity index (χ0n) is 11.6. The second-order valence-corrected chi connectivity index (χ2v) is 5.60. The van der Waals surface area contributed by atoms with E-state index >= 15 is 0 Å². The molecule has 2 heterocycles.